The number of hydrogen-bond acceptors (Lipinski definition) is 4. The highest BCUT2D eigenvalue weighted by Crippen LogP contribution is 2.42. The lowest BCUT2D eigenvalue weighted by atomic mass is 9.75. The van der Waals surface area contributed by atoms with Crippen LogP contribution >= 0.6 is 11.8 Å². The first-order valence-corrected chi connectivity index (χ1v) is 8.72. The van der Waals surface area contributed by atoms with Gasteiger partial charge in [-0.3, -0.25) is 4.99 Å². The molecule has 0 aromatic heterocycles. The molecule has 0 amide bonds. The molecule has 0 atom stereocenters. The summed E-state index contributed by atoms with van der Waals surface area (Å²) in [5.74, 6) is 1.27. The van der Waals surface area contributed by atoms with Crippen molar-refractivity contribution in [2.45, 2.75) is 57.4 Å². The summed E-state index contributed by atoms with van der Waals surface area (Å²) in [6.45, 7) is 5.12. The van der Waals surface area contributed by atoms with E-state index in [0.717, 1.165) is 32.6 Å². The highest BCUT2D eigenvalue weighted by molar-refractivity contribution is 8.13. The monoisotopic (exact) mass is 282 g/mol. The van der Waals surface area contributed by atoms with E-state index in [0.29, 0.717) is 5.41 Å². The zero-order valence-electron chi connectivity index (χ0n) is 12.0. The minimum atomic E-state index is 0.196. The lowest BCUT2D eigenvalue weighted by Gasteiger charge is -2.41. The number of nitrogens with zero attached hydrogens (tertiary/aromatic N) is 1. The number of aliphatic imine (C=N–C) groups is 1. The van der Waals surface area contributed by atoms with Crippen molar-refractivity contribution in [1.29, 1.82) is 0 Å². The van der Waals surface area contributed by atoms with Crippen LogP contribution in [0, 0.1) is 5.41 Å². The van der Waals surface area contributed by atoms with Crippen molar-refractivity contribution in [2.24, 2.45) is 10.4 Å². The molecule has 0 radical (unpaired) electrons. The molecule has 0 aromatic carbocycles. The van der Waals surface area contributed by atoms with Gasteiger partial charge >= 0.3 is 0 Å². The molecule has 2 aliphatic heterocycles. The van der Waals surface area contributed by atoms with Gasteiger partial charge in [0.1, 0.15) is 0 Å². The van der Waals surface area contributed by atoms with Crippen molar-refractivity contribution in [3.8, 4) is 0 Å². The van der Waals surface area contributed by atoms with E-state index in [-0.39, 0.29) is 5.54 Å². The Morgan fingerprint density at radius 3 is 2.47 bits per heavy atom. The Morgan fingerprint density at radius 2 is 1.84 bits per heavy atom. The maximum atomic E-state index is 5.46. The predicted octanol–water partition coefficient (Wildman–Crippen LogP) is 3.20. The topological polar surface area (TPSA) is 33.6 Å². The number of rotatable bonds is 1. The molecule has 0 bridgehead atoms. The molecule has 1 N–H and O–H groups in total. The highest BCUT2D eigenvalue weighted by atomic mass is 32.2. The van der Waals surface area contributed by atoms with Gasteiger partial charge in [-0.15, -0.1) is 0 Å². The highest BCUT2D eigenvalue weighted by Gasteiger charge is 2.36. The number of ether oxygens (including phenoxy) is 1. The lowest BCUT2D eigenvalue weighted by molar-refractivity contribution is 0.0527. The van der Waals surface area contributed by atoms with Crippen molar-refractivity contribution in [1.82, 2.24) is 5.32 Å². The van der Waals surface area contributed by atoms with Crippen molar-refractivity contribution < 1.29 is 4.74 Å². The zero-order valence-corrected chi connectivity index (χ0v) is 12.9. The molecule has 0 aromatic rings. The van der Waals surface area contributed by atoms with E-state index in [1.54, 1.807) is 0 Å². The largest absolute Gasteiger partial charge is 0.381 e. The van der Waals surface area contributed by atoms with Gasteiger partial charge in [-0.1, -0.05) is 31.0 Å². The first-order chi connectivity index (χ1) is 9.20. The van der Waals surface area contributed by atoms with Gasteiger partial charge in [-0.05, 0) is 38.0 Å². The van der Waals surface area contributed by atoms with E-state index in [1.165, 1.54) is 43.0 Å². The Balaban J connectivity index is 1.58. The van der Waals surface area contributed by atoms with Crippen LogP contribution in [-0.2, 0) is 4.74 Å². The SMILES string of the molecule is CC1(NC2=NCC3(CCCCC3)CS2)CCOCC1. The van der Waals surface area contributed by atoms with E-state index in [9.17, 15) is 0 Å². The summed E-state index contributed by atoms with van der Waals surface area (Å²) in [5, 5.41) is 4.87. The van der Waals surface area contributed by atoms with Gasteiger partial charge in [-0.25, -0.2) is 0 Å². The maximum Gasteiger partial charge on any atom is 0.157 e. The van der Waals surface area contributed by atoms with Crippen LogP contribution in [0.25, 0.3) is 0 Å². The van der Waals surface area contributed by atoms with Crippen molar-refractivity contribution >= 4 is 16.9 Å². The summed E-state index contributed by atoms with van der Waals surface area (Å²) in [7, 11) is 0. The predicted molar refractivity (Wildman–Crippen MR) is 81.9 cm³/mol. The molecular formula is C15H26N2OS. The van der Waals surface area contributed by atoms with Crippen LogP contribution in [-0.4, -0.2) is 36.2 Å². The van der Waals surface area contributed by atoms with Crippen LogP contribution in [0.4, 0.5) is 0 Å². The summed E-state index contributed by atoms with van der Waals surface area (Å²) in [6.07, 6.45) is 9.22. The Hall–Kier alpha value is -0.220. The van der Waals surface area contributed by atoms with Gasteiger partial charge in [0.25, 0.3) is 0 Å². The number of amidine groups is 1. The van der Waals surface area contributed by atoms with Crippen LogP contribution in [0.3, 0.4) is 0 Å². The second-order valence-corrected chi connectivity index (χ2v) is 7.73. The Bertz CT molecular complexity index is 344. The van der Waals surface area contributed by atoms with Crippen LogP contribution < -0.4 is 5.32 Å². The van der Waals surface area contributed by atoms with Crippen molar-refractivity contribution in [2.75, 3.05) is 25.5 Å². The second kappa shape index (κ2) is 5.65. The van der Waals surface area contributed by atoms with Crippen LogP contribution in [0.5, 0.6) is 0 Å². The average Bonchev–Trinajstić information content (AvgIpc) is 2.43. The third kappa shape index (κ3) is 3.27. The van der Waals surface area contributed by atoms with Gasteiger partial charge in [-0.2, -0.15) is 0 Å². The van der Waals surface area contributed by atoms with Crippen LogP contribution in [0.1, 0.15) is 51.9 Å². The molecule has 19 heavy (non-hydrogen) atoms. The van der Waals surface area contributed by atoms with Crippen molar-refractivity contribution in [3.05, 3.63) is 0 Å². The number of nitrogens with one attached hydrogen (secondary N) is 1. The smallest absolute Gasteiger partial charge is 0.157 e. The molecule has 4 heteroatoms. The fraction of sp³-hybridized carbons (Fsp3) is 0.933. The molecule has 108 valence electrons. The van der Waals surface area contributed by atoms with Gasteiger partial charge < -0.3 is 10.1 Å². The molecule has 3 nitrogen and oxygen atoms in total. The molecule has 0 unspecified atom stereocenters. The van der Waals surface area contributed by atoms with E-state index in [1.807, 2.05) is 11.8 Å². The van der Waals surface area contributed by atoms with E-state index < -0.39 is 0 Å². The van der Waals surface area contributed by atoms with Gasteiger partial charge in [0.2, 0.25) is 0 Å². The van der Waals surface area contributed by atoms with Crippen LogP contribution in [0.15, 0.2) is 4.99 Å². The van der Waals surface area contributed by atoms with Crippen molar-refractivity contribution in [3.63, 3.8) is 0 Å². The summed E-state index contributed by atoms with van der Waals surface area (Å²) in [4.78, 5) is 4.87. The van der Waals surface area contributed by atoms with E-state index in [4.69, 9.17) is 9.73 Å². The summed E-state index contributed by atoms with van der Waals surface area (Å²) in [6, 6.07) is 0. The maximum absolute atomic E-state index is 5.46. The fourth-order valence-electron chi connectivity index (χ4n) is 3.44. The number of thioether (sulfide) groups is 1. The lowest BCUT2D eigenvalue weighted by Crippen LogP contribution is -2.50. The Labute approximate surface area is 121 Å². The molecule has 3 aliphatic rings. The first kappa shape index (κ1) is 13.7. The average molecular weight is 282 g/mol. The molecule has 2 fully saturated rings. The minimum Gasteiger partial charge on any atom is -0.381 e. The molecule has 1 spiro atoms. The van der Waals surface area contributed by atoms with E-state index >= 15 is 0 Å². The molecule has 1 aliphatic carbocycles. The normalized spacial score (nSPS) is 29.8. The third-order valence-electron chi connectivity index (χ3n) is 4.99. The minimum absolute atomic E-state index is 0.196. The second-order valence-electron chi connectivity index (χ2n) is 6.77. The number of hydrogen-bond donors (Lipinski definition) is 1. The molecular weight excluding hydrogens is 256 g/mol. The first-order valence-electron chi connectivity index (χ1n) is 7.73. The summed E-state index contributed by atoms with van der Waals surface area (Å²) >= 11 is 1.96. The van der Waals surface area contributed by atoms with Gasteiger partial charge in [0.05, 0.1) is 0 Å². The zero-order chi connectivity index (χ0) is 13.2. The third-order valence-corrected chi connectivity index (χ3v) is 6.25. The quantitative estimate of drug-likeness (QED) is 0.802. The van der Waals surface area contributed by atoms with Crippen LogP contribution in [0.2, 0.25) is 0 Å². The van der Waals surface area contributed by atoms with Gasteiger partial charge in [0, 0.05) is 31.1 Å². The molecule has 3 rings (SSSR count). The standard InChI is InChI=1S/C15H26N2OS/c1-14(7-9-18-10-8-14)17-13-16-11-15(12-19-13)5-3-2-4-6-15/h2-12H2,1H3,(H,16,17). The summed E-state index contributed by atoms with van der Waals surface area (Å²) < 4.78 is 5.46. The Morgan fingerprint density at radius 1 is 1.11 bits per heavy atom. The fourth-order valence-corrected chi connectivity index (χ4v) is 4.73. The molecule has 1 saturated carbocycles. The Kier molecular flexibility index (Phi) is 4.08. The molecule has 2 heterocycles. The molecule has 1 saturated heterocycles. The summed E-state index contributed by atoms with van der Waals surface area (Å²) in [5.41, 5.74) is 0.728. The van der Waals surface area contributed by atoms with Gasteiger partial charge in [0.15, 0.2) is 5.17 Å². The van der Waals surface area contributed by atoms with E-state index in [2.05, 4.69) is 12.2 Å².